The van der Waals surface area contributed by atoms with Gasteiger partial charge in [-0.05, 0) is 37.0 Å². The molecule has 0 saturated heterocycles. The predicted octanol–water partition coefficient (Wildman–Crippen LogP) is 3.27. The molecule has 0 aromatic heterocycles. The van der Waals surface area contributed by atoms with Gasteiger partial charge in [0.15, 0.2) is 0 Å². The molecule has 1 aromatic rings. The minimum absolute atomic E-state index is 0.861. The molecule has 0 radical (unpaired) electrons. The molecule has 0 atom stereocenters. The van der Waals surface area contributed by atoms with Gasteiger partial charge in [-0.3, -0.25) is 0 Å². The van der Waals surface area contributed by atoms with Gasteiger partial charge in [0, 0.05) is 17.8 Å². The van der Waals surface area contributed by atoms with Crippen LogP contribution >= 0.6 is 0 Å². The van der Waals surface area contributed by atoms with Crippen LogP contribution < -0.4 is 5.32 Å². The van der Waals surface area contributed by atoms with Gasteiger partial charge in [0.2, 0.25) is 0 Å². The van der Waals surface area contributed by atoms with Gasteiger partial charge in [-0.15, -0.1) is 6.42 Å². The van der Waals surface area contributed by atoms with Crippen LogP contribution in [0.5, 0.6) is 0 Å². The molecule has 1 aliphatic carbocycles. The lowest BCUT2D eigenvalue weighted by atomic mass is 10.1. The third-order valence-corrected chi connectivity index (χ3v) is 3.10. The number of hydrogen-bond acceptors (Lipinski definition) is 1. The van der Waals surface area contributed by atoms with Gasteiger partial charge in [0.1, 0.15) is 0 Å². The molecule has 1 saturated carbocycles. The maximum absolute atomic E-state index is 5.36. The normalized spacial score (nSPS) is 16.2. The summed E-state index contributed by atoms with van der Waals surface area (Å²) in [6.07, 6.45) is 10.9. The zero-order valence-electron chi connectivity index (χ0n) is 9.00. The molecule has 0 unspecified atom stereocenters. The van der Waals surface area contributed by atoms with Crippen LogP contribution in [0.4, 0.5) is 5.69 Å². The summed E-state index contributed by atoms with van der Waals surface area (Å²) in [7, 11) is 0. The molecule has 0 bridgehead atoms. The van der Waals surface area contributed by atoms with Crippen molar-refractivity contribution in [1.82, 2.24) is 0 Å². The fraction of sp³-hybridized carbons (Fsp3) is 0.429. The molecule has 1 N–H and O–H groups in total. The summed E-state index contributed by atoms with van der Waals surface area (Å²) in [4.78, 5) is 0. The molecule has 1 aliphatic rings. The highest BCUT2D eigenvalue weighted by molar-refractivity contribution is 5.49. The predicted molar refractivity (Wildman–Crippen MR) is 64.8 cm³/mol. The lowest BCUT2D eigenvalue weighted by Crippen LogP contribution is -2.10. The summed E-state index contributed by atoms with van der Waals surface area (Å²) in [5.41, 5.74) is 2.10. The standard InChI is InChI=1S/C14H17N/c1-2-12-8-5-9-14(10-12)15-11-13-6-3-4-7-13/h1,5,8-10,13,15H,3-4,6-7,11H2. The third-order valence-electron chi connectivity index (χ3n) is 3.10. The number of benzene rings is 1. The van der Waals surface area contributed by atoms with Crippen LogP contribution in [0, 0.1) is 18.3 Å². The highest BCUT2D eigenvalue weighted by Crippen LogP contribution is 2.25. The van der Waals surface area contributed by atoms with Crippen LogP contribution in [-0.4, -0.2) is 6.54 Å². The zero-order valence-corrected chi connectivity index (χ0v) is 9.00. The molecule has 0 spiro atoms. The second-order valence-corrected chi connectivity index (χ2v) is 4.26. The van der Waals surface area contributed by atoms with Crippen LogP contribution in [0.25, 0.3) is 0 Å². The average molecular weight is 199 g/mol. The minimum atomic E-state index is 0.861. The molecule has 0 amide bonds. The first-order valence-electron chi connectivity index (χ1n) is 5.69. The summed E-state index contributed by atoms with van der Waals surface area (Å²) in [5.74, 6) is 3.52. The van der Waals surface area contributed by atoms with Crippen molar-refractivity contribution >= 4 is 5.69 Å². The van der Waals surface area contributed by atoms with Crippen LogP contribution in [0.3, 0.4) is 0 Å². The van der Waals surface area contributed by atoms with Gasteiger partial charge < -0.3 is 5.32 Å². The highest BCUT2D eigenvalue weighted by Gasteiger charge is 2.14. The van der Waals surface area contributed by atoms with E-state index in [1.54, 1.807) is 0 Å². The van der Waals surface area contributed by atoms with Crippen LogP contribution in [0.1, 0.15) is 31.2 Å². The molecule has 78 valence electrons. The van der Waals surface area contributed by atoms with Gasteiger partial charge >= 0.3 is 0 Å². The zero-order chi connectivity index (χ0) is 10.5. The Morgan fingerprint density at radius 2 is 2.13 bits per heavy atom. The smallest absolute Gasteiger partial charge is 0.0352 e. The molecule has 1 nitrogen and oxygen atoms in total. The fourth-order valence-electron chi connectivity index (χ4n) is 2.20. The van der Waals surface area contributed by atoms with Gasteiger partial charge in [0.05, 0.1) is 0 Å². The molecule has 1 fully saturated rings. The topological polar surface area (TPSA) is 12.0 Å². The summed E-state index contributed by atoms with van der Waals surface area (Å²) in [6.45, 7) is 1.09. The Bertz CT molecular complexity index is 356. The van der Waals surface area contributed by atoms with E-state index in [9.17, 15) is 0 Å². The second kappa shape index (κ2) is 4.89. The average Bonchev–Trinajstić information content (AvgIpc) is 2.79. The minimum Gasteiger partial charge on any atom is -0.385 e. The maximum Gasteiger partial charge on any atom is 0.0352 e. The van der Waals surface area contributed by atoms with Crippen molar-refractivity contribution in [3.8, 4) is 12.3 Å². The third kappa shape index (κ3) is 2.76. The van der Waals surface area contributed by atoms with E-state index in [1.165, 1.54) is 25.7 Å². The second-order valence-electron chi connectivity index (χ2n) is 4.26. The highest BCUT2D eigenvalue weighted by atomic mass is 14.9. The molecular weight excluding hydrogens is 182 g/mol. The number of anilines is 1. The van der Waals surface area contributed by atoms with Gasteiger partial charge in [0.25, 0.3) is 0 Å². The van der Waals surface area contributed by atoms with E-state index < -0.39 is 0 Å². The van der Waals surface area contributed by atoms with Crippen molar-refractivity contribution in [1.29, 1.82) is 0 Å². The number of hydrogen-bond donors (Lipinski definition) is 1. The summed E-state index contributed by atoms with van der Waals surface area (Å²) >= 11 is 0. The van der Waals surface area contributed by atoms with E-state index in [0.29, 0.717) is 0 Å². The van der Waals surface area contributed by atoms with Crippen LogP contribution in [0.15, 0.2) is 24.3 Å². The van der Waals surface area contributed by atoms with Gasteiger partial charge in [-0.1, -0.05) is 24.8 Å². The fourth-order valence-corrected chi connectivity index (χ4v) is 2.20. The Hall–Kier alpha value is -1.42. The van der Waals surface area contributed by atoms with E-state index in [0.717, 1.165) is 23.7 Å². The Kier molecular flexibility index (Phi) is 3.29. The van der Waals surface area contributed by atoms with E-state index in [1.807, 2.05) is 18.2 Å². The van der Waals surface area contributed by atoms with Gasteiger partial charge in [-0.2, -0.15) is 0 Å². The first-order valence-corrected chi connectivity index (χ1v) is 5.69. The van der Waals surface area contributed by atoms with Gasteiger partial charge in [-0.25, -0.2) is 0 Å². The molecule has 0 heterocycles. The van der Waals surface area contributed by atoms with Crippen LogP contribution in [-0.2, 0) is 0 Å². The largest absolute Gasteiger partial charge is 0.385 e. The molecule has 1 aromatic carbocycles. The summed E-state index contributed by atoms with van der Waals surface area (Å²) in [6, 6.07) is 8.08. The Balaban J connectivity index is 1.90. The molecular formula is C14H17N. The maximum atomic E-state index is 5.36. The quantitative estimate of drug-likeness (QED) is 0.737. The lowest BCUT2D eigenvalue weighted by molar-refractivity contribution is 0.580. The Morgan fingerprint density at radius 1 is 1.33 bits per heavy atom. The first kappa shape index (κ1) is 10.1. The van der Waals surface area contributed by atoms with E-state index in [2.05, 4.69) is 17.3 Å². The van der Waals surface area contributed by atoms with Crippen LogP contribution in [0.2, 0.25) is 0 Å². The monoisotopic (exact) mass is 199 g/mol. The van der Waals surface area contributed by atoms with Crippen molar-refractivity contribution in [3.63, 3.8) is 0 Å². The lowest BCUT2D eigenvalue weighted by Gasteiger charge is -2.11. The summed E-state index contributed by atoms with van der Waals surface area (Å²) in [5, 5.41) is 3.47. The number of nitrogens with one attached hydrogen (secondary N) is 1. The first-order chi connectivity index (χ1) is 7.38. The van der Waals surface area contributed by atoms with Crippen molar-refractivity contribution < 1.29 is 0 Å². The van der Waals surface area contributed by atoms with Crippen molar-refractivity contribution in [3.05, 3.63) is 29.8 Å². The van der Waals surface area contributed by atoms with E-state index >= 15 is 0 Å². The Labute approximate surface area is 91.9 Å². The Morgan fingerprint density at radius 3 is 2.87 bits per heavy atom. The van der Waals surface area contributed by atoms with E-state index in [-0.39, 0.29) is 0 Å². The molecule has 15 heavy (non-hydrogen) atoms. The van der Waals surface area contributed by atoms with E-state index in [4.69, 9.17) is 6.42 Å². The molecule has 2 rings (SSSR count). The molecule has 1 heteroatoms. The number of rotatable bonds is 3. The summed E-state index contributed by atoms with van der Waals surface area (Å²) < 4.78 is 0. The molecule has 0 aliphatic heterocycles. The van der Waals surface area contributed by atoms with Crippen molar-refractivity contribution in [2.45, 2.75) is 25.7 Å². The van der Waals surface area contributed by atoms with Crippen molar-refractivity contribution in [2.75, 3.05) is 11.9 Å². The van der Waals surface area contributed by atoms with Crippen molar-refractivity contribution in [2.24, 2.45) is 5.92 Å². The SMILES string of the molecule is C#Cc1cccc(NCC2CCCC2)c1. The number of terminal acetylenes is 1.